The van der Waals surface area contributed by atoms with Crippen LogP contribution in [0.5, 0.6) is 5.75 Å². The van der Waals surface area contributed by atoms with Gasteiger partial charge in [0.25, 0.3) is 0 Å². The first-order valence-corrected chi connectivity index (χ1v) is 10.1. The zero-order chi connectivity index (χ0) is 20.1. The van der Waals surface area contributed by atoms with Gasteiger partial charge in [-0.3, -0.25) is 14.6 Å². The molecule has 0 aliphatic carbocycles. The molecule has 0 spiro atoms. The monoisotopic (exact) mass is 412 g/mol. The standard InChI is InChI=1S/C21H24N4O3S/c26-18(14-24-10-12-27-13-11-24)15-28-19-8-6-16(7-9-19)20-22-23-21(29)25(20)17-4-2-1-3-5-17/h1-9,18,26H,10-15H2,(H,23,29)/t18-/m1/s1. The molecule has 1 saturated heterocycles. The summed E-state index contributed by atoms with van der Waals surface area (Å²) in [6, 6.07) is 17.5. The zero-order valence-corrected chi connectivity index (χ0v) is 16.8. The topological polar surface area (TPSA) is 75.5 Å². The zero-order valence-electron chi connectivity index (χ0n) is 16.0. The molecule has 1 aliphatic rings. The molecule has 29 heavy (non-hydrogen) atoms. The summed E-state index contributed by atoms with van der Waals surface area (Å²) in [5.41, 5.74) is 1.87. The number of benzene rings is 2. The summed E-state index contributed by atoms with van der Waals surface area (Å²) >= 11 is 5.40. The quantitative estimate of drug-likeness (QED) is 0.581. The van der Waals surface area contributed by atoms with Crippen molar-refractivity contribution in [1.82, 2.24) is 19.7 Å². The number of aliphatic hydroxyl groups is 1. The van der Waals surface area contributed by atoms with Gasteiger partial charge >= 0.3 is 0 Å². The highest BCUT2D eigenvalue weighted by Crippen LogP contribution is 2.24. The molecule has 1 atom stereocenters. The van der Waals surface area contributed by atoms with Gasteiger partial charge in [-0.25, -0.2) is 0 Å². The maximum Gasteiger partial charge on any atom is 0.200 e. The van der Waals surface area contributed by atoms with Crippen molar-refractivity contribution in [3.8, 4) is 22.8 Å². The highest BCUT2D eigenvalue weighted by Gasteiger charge is 2.15. The molecule has 4 rings (SSSR count). The van der Waals surface area contributed by atoms with Crippen molar-refractivity contribution in [3.63, 3.8) is 0 Å². The van der Waals surface area contributed by atoms with Crippen molar-refractivity contribution in [1.29, 1.82) is 0 Å². The van der Waals surface area contributed by atoms with Crippen LogP contribution in [0.4, 0.5) is 0 Å². The minimum atomic E-state index is -0.540. The van der Waals surface area contributed by atoms with Gasteiger partial charge in [0.1, 0.15) is 18.5 Å². The number of β-amino-alcohol motifs (C(OH)–C–C–N with tert-alkyl or cyclic N) is 1. The van der Waals surface area contributed by atoms with E-state index in [1.807, 2.05) is 59.2 Å². The molecule has 0 amide bonds. The average Bonchev–Trinajstić information content (AvgIpc) is 3.15. The predicted molar refractivity (Wildman–Crippen MR) is 113 cm³/mol. The number of aliphatic hydroxyl groups excluding tert-OH is 1. The van der Waals surface area contributed by atoms with E-state index in [9.17, 15) is 5.11 Å². The average molecular weight is 413 g/mol. The lowest BCUT2D eigenvalue weighted by Crippen LogP contribution is -2.42. The van der Waals surface area contributed by atoms with Crippen LogP contribution in [-0.2, 0) is 4.74 Å². The van der Waals surface area contributed by atoms with Crippen LogP contribution in [0.25, 0.3) is 17.1 Å². The molecule has 3 aromatic rings. The fourth-order valence-electron chi connectivity index (χ4n) is 3.33. The van der Waals surface area contributed by atoms with Crippen molar-refractivity contribution in [2.75, 3.05) is 39.5 Å². The number of aromatic nitrogens is 3. The van der Waals surface area contributed by atoms with Gasteiger partial charge in [-0.1, -0.05) is 18.2 Å². The molecular weight excluding hydrogens is 388 g/mol. The molecule has 0 unspecified atom stereocenters. The first-order valence-electron chi connectivity index (χ1n) is 9.65. The number of rotatable bonds is 7. The van der Waals surface area contributed by atoms with Gasteiger partial charge in [0.05, 0.1) is 13.2 Å². The number of morpholine rings is 1. The van der Waals surface area contributed by atoms with E-state index in [0.29, 0.717) is 17.1 Å². The predicted octanol–water partition coefficient (Wildman–Crippen LogP) is 2.67. The Morgan fingerprint density at radius 2 is 1.83 bits per heavy atom. The van der Waals surface area contributed by atoms with Gasteiger partial charge in [-0.05, 0) is 48.6 Å². The van der Waals surface area contributed by atoms with E-state index in [1.165, 1.54) is 0 Å². The molecular formula is C21H24N4O3S. The Bertz CT molecular complexity index is 966. The summed E-state index contributed by atoms with van der Waals surface area (Å²) in [6.07, 6.45) is -0.540. The van der Waals surface area contributed by atoms with E-state index in [4.69, 9.17) is 21.7 Å². The van der Waals surface area contributed by atoms with Crippen LogP contribution in [0.15, 0.2) is 54.6 Å². The van der Waals surface area contributed by atoms with Crippen LogP contribution >= 0.6 is 12.2 Å². The Morgan fingerprint density at radius 3 is 2.55 bits per heavy atom. The fraction of sp³-hybridized carbons (Fsp3) is 0.333. The molecule has 1 aromatic heterocycles. The minimum Gasteiger partial charge on any atom is -0.491 e. The second-order valence-corrected chi connectivity index (χ2v) is 7.31. The summed E-state index contributed by atoms with van der Waals surface area (Å²) < 4.78 is 13.5. The Kier molecular flexibility index (Phi) is 6.36. The van der Waals surface area contributed by atoms with Gasteiger partial charge in [-0.2, -0.15) is 5.10 Å². The number of nitrogens with zero attached hydrogens (tertiary/aromatic N) is 3. The van der Waals surface area contributed by atoms with E-state index < -0.39 is 6.10 Å². The van der Waals surface area contributed by atoms with Gasteiger partial charge < -0.3 is 14.6 Å². The van der Waals surface area contributed by atoms with Crippen LogP contribution in [0.3, 0.4) is 0 Å². The number of aromatic amines is 1. The fourth-order valence-corrected chi connectivity index (χ4v) is 3.57. The molecule has 2 aromatic carbocycles. The second-order valence-electron chi connectivity index (χ2n) is 6.93. The summed E-state index contributed by atoms with van der Waals surface area (Å²) in [7, 11) is 0. The number of hydrogen-bond donors (Lipinski definition) is 2. The van der Waals surface area contributed by atoms with Crippen LogP contribution in [0.2, 0.25) is 0 Å². The van der Waals surface area contributed by atoms with E-state index in [0.717, 1.165) is 43.4 Å². The normalized spacial score (nSPS) is 15.9. The Hall–Kier alpha value is -2.52. The minimum absolute atomic E-state index is 0.249. The largest absolute Gasteiger partial charge is 0.491 e. The lowest BCUT2D eigenvalue weighted by Gasteiger charge is -2.28. The third-order valence-electron chi connectivity index (χ3n) is 4.81. The summed E-state index contributed by atoms with van der Waals surface area (Å²) in [4.78, 5) is 2.19. The maximum absolute atomic E-state index is 10.2. The molecule has 1 fully saturated rings. The van der Waals surface area contributed by atoms with E-state index in [-0.39, 0.29) is 6.61 Å². The Balaban J connectivity index is 1.40. The first-order chi connectivity index (χ1) is 14.2. The highest BCUT2D eigenvalue weighted by molar-refractivity contribution is 7.71. The van der Waals surface area contributed by atoms with Crippen LogP contribution in [0.1, 0.15) is 0 Å². The molecule has 2 heterocycles. The van der Waals surface area contributed by atoms with Crippen molar-refractivity contribution >= 4 is 12.2 Å². The number of para-hydroxylation sites is 1. The number of H-pyrrole nitrogens is 1. The van der Waals surface area contributed by atoms with Gasteiger partial charge in [0.15, 0.2) is 10.6 Å². The highest BCUT2D eigenvalue weighted by atomic mass is 32.1. The second kappa shape index (κ2) is 9.32. The summed E-state index contributed by atoms with van der Waals surface area (Å²) in [6.45, 7) is 3.98. The summed E-state index contributed by atoms with van der Waals surface area (Å²) in [5.74, 6) is 1.44. The number of nitrogens with one attached hydrogen (secondary N) is 1. The summed E-state index contributed by atoms with van der Waals surface area (Å²) in [5, 5.41) is 17.5. The van der Waals surface area contributed by atoms with Crippen molar-refractivity contribution in [2.45, 2.75) is 6.10 Å². The molecule has 0 bridgehead atoms. The van der Waals surface area contributed by atoms with Crippen LogP contribution < -0.4 is 4.74 Å². The molecule has 0 saturated carbocycles. The number of ether oxygens (including phenoxy) is 2. The molecule has 152 valence electrons. The van der Waals surface area contributed by atoms with Crippen LogP contribution in [0, 0.1) is 4.77 Å². The smallest absolute Gasteiger partial charge is 0.200 e. The number of hydrogen-bond acceptors (Lipinski definition) is 6. The molecule has 2 N–H and O–H groups in total. The molecule has 0 radical (unpaired) electrons. The van der Waals surface area contributed by atoms with E-state index >= 15 is 0 Å². The molecule has 7 nitrogen and oxygen atoms in total. The van der Waals surface area contributed by atoms with E-state index in [2.05, 4.69) is 15.1 Å². The molecule has 8 heteroatoms. The van der Waals surface area contributed by atoms with E-state index in [1.54, 1.807) is 0 Å². The Morgan fingerprint density at radius 1 is 1.10 bits per heavy atom. The van der Waals surface area contributed by atoms with Crippen molar-refractivity contribution in [2.24, 2.45) is 0 Å². The SMILES string of the molecule is O[C@@H](COc1ccc(-c2n[nH]c(=S)n2-c2ccccc2)cc1)CN1CCOCC1. The third kappa shape index (κ3) is 4.91. The van der Waals surface area contributed by atoms with Gasteiger partial charge in [0, 0.05) is 30.9 Å². The molecule has 1 aliphatic heterocycles. The maximum atomic E-state index is 10.2. The third-order valence-corrected chi connectivity index (χ3v) is 5.09. The van der Waals surface area contributed by atoms with Crippen LogP contribution in [-0.4, -0.2) is 70.3 Å². The first kappa shape index (κ1) is 19.8. The van der Waals surface area contributed by atoms with Crippen molar-refractivity contribution in [3.05, 3.63) is 59.4 Å². The lowest BCUT2D eigenvalue weighted by atomic mass is 10.2. The van der Waals surface area contributed by atoms with Crippen molar-refractivity contribution < 1.29 is 14.6 Å². The van der Waals surface area contributed by atoms with Gasteiger partial charge in [0.2, 0.25) is 0 Å². The van der Waals surface area contributed by atoms with Gasteiger partial charge in [-0.15, -0.1) is 0 Å². The Labute approximate surface area is 174 Å². The lowest BCUT2D eigenvalue weighted by molar-refractivity contribution is 0.00466.